The number of β-amino-alcohol motifs (C(OH)–C–C–N with tert-alkyl or cyclic N) is 1. The molecule has 0 amide bonds. The Morgan fingerprint density at radius 3 is 2.73 bits per heavy atom. The molecule has 2 N–H and O–H groups in total. The summed E-state index contributed by atoms with van der Waals surface area (Å²) in [7, 11) is 1.85. The van der Waals surface area contributed by atoms with Crippen molar-refractivity contribution in [3.63, 3.8) is 0 Å². The lowest BCUT2D eigenvalue weighted by molar-refractivity contribution is -0.0219. The van der Waals surface area contributed by atoms with Crippen LogP contribution >= 0.6 is 11.6 Å². The predicted molar refractivity (Wildman–Crippen MR) is 87.2 cm³/mol. The molecule has 0 aliphatic carbocycles. The average Bonchev–Trinajstić information content (AvgIpc) is 2.75. The number of aromatic nitrogens is 2. The van der Waals surface area contributed by atoms with Crippen LogP contribution in [0.4, 0.5) is 0 Å². The van der Waals surface area contributed by atoms with Crippen molar-refractivity contribution in [3.8, 4) is 0 Å². The zero-order valence-electron chi connectivity index (χ0n) is 13.7. The van der Waals surface area contributed by atoms with Crippen molar-refractivity contribution in [1.29, 1.82) is 0 Å². The number of hydrogen-bond donors (Lipinski definition) is 2. The molecule has 0 aromatic carbocycles. The minimum Gasteiger partial charge on any atom is -0.388 e. The van der Waals surface area contributed by atoms with Crippen LogP contribution in [0.2, 0.25) is 5.15 Å². The Hall–Kier alpha value is -0.660. The second-order valence-corrected chi connectivity index (χ2v) is 6.54. The topological polar surface area (TPSA) is 62.5 Å². The molecule has 1 aliphatic rings. The van der Waals surface area contributed by atoms with Gasteiger partial charge < -0.3 is 15.2 Å². The molecular weight excluding hydrogens is 304 g/mol. The van der Waals surface area contributed by atoms with E-state index in [1.165, 1.54) is 0 Å². The van der Waals surface area contributed by atoms with Crippen LogP contribution in [0.15, 0.2) is 0 Å². The minimum absolute atomic E-state index is 0.513. The maximum Gasteiger partial charge on any atom is 0.131 e. The molecule has 1 atom stereocenters. The van der Waals surface area contributed by atoms with Gasteiger partial charge in [0.15, 0.2) is 0 Å². The second-order valence-electron chi connectivity index (χ2n) is 6.18. The first-order valence-corrected chi connectivity index (χ1v) is 8.24. The van der Waals surface area contributed by atoms with E-state index in [1.807, 2.05) is 14.0 Å². The molecule has 126 valence electrons. The molecule has 0 radical (unpaired) electrons. The summed E-state index contributed by atoms with van der Waals surface area (Å²) >= 11 is 6.27. The van der Waals surface area contributed by atoms with Crippen LogP contribution in [0, 0.1) is 0 Å². The molecule has 7 heteroatoms. The third-order valence-electron chi connectivity index (χ3n) is 3.96. The zero-order chi connectivity index (χ0) is 16.2. The van der Waals surface area contributed by atoms with Gasteiger partial charge in [0, 0.05) is 45.3 Å². The largest absolute Gasteiger partial charge is 0.388 e. The van der Waals surface area contributed by atoms with Gasteiger partial charge in [0.1, 0.15) is 5.15 Å². The molecule has 0 spiro atoms. The summed E-state index contributed by atoms with van der Waals surface area (Å²) < 4.78 is 7.03. The third-order valence-corrected chi connectivity index (χ3v) is 4.44. The number of halogens is 1. The van der Waals surface area contributed by atoms with Crippen molar-refractivity contribution < 1.29 is 9.84 Å². The molecule has 1 fully saturated rings. The first kappa shape index (κ1) is 17.7. The van der Waals surface area contributed by atoms with E-state index in [-0.39, 0.29) is 0 Å². The van der Waals surface area contributed by atoms with Crippen molar-refractivity contribution in [2.24, 2.45) is 7.05 Å². The van der Waals surface area contributed by atoms with Crippen LogP contribution in [0.25, 0.3) is 0 Å². The first-order valence-electron chi connectivity index (χ1n) is 7.86. The summed E-state index contributed by atoms with van der Waals surface area (Å²) in [5, 5.41) is 18.9. The first-order chi connectivity index (χ1) is 10.4. The van der Waals surface area contributed by atoms with E-state index in [4.69, 9.17) is 16.3 Å². The number of nitrogens with one attached hydrogen (secondary N) is 1. The molecule has 1 aromatic rings. The Kier molecular flexibility index (Phi) is 6.23. The number of nitrogens with zero attached hydrogens (tertiary/aromatic N) is 3. The van der Waals surface area contributed by atoms with E-state index in [9.17, 15) is 5.11 Å². The van der Waals surface area contributed by atoms with Gasteiger partial charge in [-0.25, -0.2) is 0 Å². The number of rotatable bonds is 7. The number of aliphatic hydroxyl groups is 1. The molecule has 1 saturated heterocycles. The molecule has 1 unspecified atom stereocenters. The van der Waals surface area contributed by atoms with Gasteiger partial charge in [0.2, 0.25) is 0 Å². The molecule has 1 aromatic heterocycles. The van der Waals surface area contributed by atoms with Gasteiger partial charge in [-0.05, 0) is 13.3 Å². The standard InChI is InChI=1S/C15H27ClN4O2/c1-4-13-12(14(16)19(3)18-13)9-17-10-15(2,21)11-20-5-7-22-8-6-20/h17,21H,4-11H2,1-3H3. The van der Waals surface area contributed by atoms with Gasteiger partial charge in [-0.15, -0.1) is 0 Å². The highest BCUT2D eigenvalue weighted by Crippen LogP contribution is 2.19. The van der Waals surface area contributed by atoms with Crippen LogP contribution < -0.4 is 5.32 Å². The fraction of sp³-hybridized carbons (Fsp3) is 0.800. The molecule has 2 heterocycles. The van der Waals surface area contributed by atoms with Crippen molar-refractivity contribution in [2.75, 3.05) is 39.4 Å². The van der Waals surface area contributed by atoms with Crippen molar-refractivity contribution in [1.82, 2.24) is 20.0 Å². The average molecular weight is 331 g/mol. The summed E-state index contributed by atoms with van der Waals surface area (Å²) in [6.07, 6.45) is 0.849. The molecule has 1 aliphatic heterocycles. The summed E-state index contributed by atoms with van der Waals surface area (Å²) in [6, 6.07) is 0. The molecule has 6 nitrogen and oxygen atoms in total. The Morgan fingerprint density at radius 1 is 1.41 bits per heavy atom. The van der Waals surface area contributed by atoms with Crippen molar-refractivity contribution >= 4 is 11.6 Å². The highest BCUT2D eigenvalue weighted by molar-refractivity contribution is 6.30. The normalized spacial score (nSPS) is 19.3. The Morgan fingerprint density at radius 2 is 2.09 bits per heavy atom. The Balaban J connectivity index is 1.84. The Labute approximate surface area is 137 Å². The van der Waals surface area contributed by atoms with Gasteiger partial charge >= 0.3 is 0 Å². The van der Waals surface area contributed by atoms with Crippen molar-refractivity contribution in [2.45, 2.75) is 32.4 Å². The van der Waals surface area contributed by atoms with E-state index in [1.54, 1.807) is 4.68 Å². The van der Waals surface area contributed by atoms with E-state index >= 15 is 0 Å². The number of hydrogen-bond acceptors (Lipinski definition) is 5. The summed E-state index contributed by atoms with van der Waals surface area (Å²) in [5.41, 5.74) is 1.25. The van der Waals surface area contributed by atoms with Crippen molar-refractivity contribution in [3.05, 3.63) is 16.4 Å². The second kappa shape index (κ2) is 7.75. The SMILES string of the molecule is CCc1nn(C)c(Cl)c1CNCC(C)(O)CN1CCOCC1. The fourth-order valence-electron chi connectivity index (χ4n) is 2.81. The zero-order valence-corrected chi connectivity index (χ0v) is 14.5. The van der Waals surface area contributed by atoms with Crippen LogP contribution in [0.1, 0.15) is 25.1 Å². The van der Waals surface area contributed by atoms with Crippen LogP contribution in [-0.4, -0.2) is 64.8 Å². The molecule has 0 bridgehead atoms. The monoisotopic (exact) mass is 330 g/mol. The number of aryl methyl sites for hydroxylation is 2. The van der Waals surface area contributed by atoms with Gasteiger partial charge in [0.25, 0.3) is 0 Å². The highest BCUT2D eigenvalue weighted by Gasteiger charge is 2.25. The lowest BCUT2D eigenvalue weighted by Gasteiger charge is -2.34. The van der Waals surface area contributed by atoms with Gasteiger partial charge in [0.05, 0.1) is 24.5 Å². The molecular formula is C15H27ClN4O2. The van der Waals surface area contributed by atoms with E-state index in [2.05, 4.69) is 22.2 Å². The quantitative estimate of drug-likeness (QED) is 0.774. The van der Waals surface area contributed by atoms with Crippen LogP contribution in [-0.2, 0) is 24.8 Å². The lowest BCUT2D eigenvalue weighted by Crippen LogP contribution is -2.50. The number of morpholine rings is 1. The summed E-state index contributed by atoms with van der Waals surface area (Å²) in [5.74, 6) is 0. The van der Waals surface area contributed by atoms with E-state index < -0.39 is 5.60 Å². The number of ether oxygens (including phenoxy) is 1. The van der Waals surface area contributed by atoms with Gasteiger partial charge in [-0.1, -0.05) is 18.5 Å². The maximum absolute atomic E-state index is 10.5. The van der Waals surface area contributed by atoms with Gasteiger partial charge in [-0.3, -0.25) is 9.58 Å². The summed E-state index contributed by atoms with van der Waals surface area (Å²) in [4.78, 5) is 2.24. The molecule has 0 saturated carbocycles. The fourth-order valence-corrected chi connectivity index (χ4v) is 3.03. The third kappa shape index (κ3) is 4.67. The van der Waals surface area contributed by atoms with Crippen LogP contribution in [0.5, 0.6) is 0 Å². The summed E-state index contributed by atoms with van der Waals surface area (Å²) in [6.45, 7) is 8.95. The molecule has 22 heavy (non-hydrogen) atoms. The minimum atomic E-state index is -0.779. The highest BCUT2D eigenvalue weighted by atomic mass is 35.5. The predicted octanol–water partition coefficient (Wildman–Crippen LogP) is 0.809. The maximum atomic E-state index is 10.5. The van der Waals surface area contributed by atoms with Crippen LogP contribution in [0.3, 0.4) is 0 Å². The lowest BCUT2D eigenvalue weighted by atomic mass is 10.1. The Bertz CT molecular complexity index is 484. The smallest absolute Gasteiger partial charge is 0.131 e. The van der Waals surface area contributed by atoms with E-state index in [0.29, 0.717) is 24.8 Å². The van der Waals surface area contributed by atoms with E-state index in [0.717, 1.165) is 44.0 Å². The van der Waals surface area contributed by atoms with Gasteiger partial charge in [-0.2, -0.15) is 5.10 Å². The molecule has 2 rings (SSSR count).